The maximum absolute atomic E-state index is 13.8. The van der Waals surface area contributed by atoms with E-state index in [0.717, 1.165) is 6.07 Å². The van der Waals surface area contributed by atoms with E-state index < -0.39 is 29.6 Å². The van der Waals surface area contributed by atoms with E-state index in [1.165, 1.54) is 6.07 Å². The van der Waals surface area contributed by atoms with Gasteiger partial charge in [0.15, 0.2) is 0 Å². The topological polar surface area (TPSA) is 61.4 Å². The van der Waals surface area contributed by atoms with Crippen molar-refractivity contribution < 1.29 is 27.5 Å². The molecule has 0 bridgehead atoms. The molecular weight excluding hydrogens is 316 g/mol. The van der Waals surface area contributed by atoms with Crippen molar-refractivity contribution in [3.8, 4) is 0 Å². The van der Waals surface area contributed by atoms with Crippen LogP contribution in [0, 0.1) is 11.7 Å². The van der Waals surface area contributed by atoms with E-state index in [4.69, 9.17) is 5.11 Å². The average molecular weight is 336 g/mol. The molecule has 8 heteroatoms. The maximum Gasteiger partial charge on any atom is 0.419 e. The van der Waals surface area contributed by atoms with Gasteiger partial charge in [0.05, 0.1) is 18.2 Å². The highest BCUT2D eigenvalue weighted by atomic mass is 19.4. The van der Waals surface area contributed by atoms with Crippen LogP contribution in [0.2, 0.25) is 0 Å². The fraction of sp³-hybridized carbons (Fsp3) is 0.533. The van der Waals surface area contributed by atoms with E-state index in [-0.39, 0.29) is 24.6 Å². The van der Waals surface area contributed by atoms with Crippen molar-refractivity contribution in [2.24, 2.45) is 5.92 Å². The predicted molar refractivity (Wildman–Crippen MR) is 77.1 cm³/mol. The van der Waals surface area contributed by atoms with Gasteiger partial charge in [-0.1, -0.05) is 26.0 Å². The molecule has 0 aromatic heterocycles. The van der Waals surface area contributed by atoms with Crippen LogP contribution in [-0.4, -0.2) is 23.8 Å². The lowest BCUT2D eigenvalue weighted by Gasteiger charge is -2.19. The highest BCUT2D eigenvalue weighted by Gasteiger charge is 2.34. The van der Waals surface area contributed by atoms with Crippen LogP contribution in [0.25, 0.3) is 0 Å². The molecule has 0 aliphatic heterocycles. The molecule has 130 valence electrons. The summed E-state index contributed by atoms with van der Waals surface area (Å²) in [6.07, 6.45) is -4.25. The summed E-state index contributed by atoms with van der Waals surface area (Å²) >= 11 is 0. The number of aliphatic hydroxyl groups is 1. The Hall–Kier alpha value is -1.83. The van der Waals surface area contributed by atoms with Crippen LogP contribution in [0.5, 0.6) is 0 Å². The highest BCUT2D eigenvalue weighted by Crippen LogP contribution is 2.32. The Bertz CT molecular complexity index is 533. The smallest absolute Gasteiger partial charge is 0.394 e. The predicted octanol–water partition coefficient (Wildman–Crippen LogP) is 3.05. The molecule has 1 atom stereocenters. The van der Waals surface area contributed by atoms with Gasteiger partial charge >= 0.3 is 12.2 Å². The molecule has 1 aromatic rings. The Morgan fingerprint density at radius 2 is 1.96 bits per heavy atom. The summed E-state index contributed by atoms with van der Waals surface area (Å²) in [7, 11) is 0. The van der Waals surface area contributed by atoms with Crippen molar-refractivity contribution in [2.75, 3.05) is 6.61 Å². The highest BCUT2D eigenvalue weighted by molar-refractivity contribution is 5.74. The molecule has 1 aromatic carbocycles. The average Bonchev–Trinajstić information content (AvgIpc) is 2.43. The standard InChI is InChI=1S/C15H20F4N2O2/c1-9(2)6-11(8-22)21-14(23)20-7-10-4-3-5-12(13(10)16)15(17,18)19/h3-5,9,11,22H,6-8H2,1-2H3,(H2,20,21,23)/t11-/m0/s1. The molecule has 0 aliphatic carbocycles. The van der Waals surface area contributed by atoms with Crippen LogP contribution in [0.4, 0.5) is 22.4 Å². The number of nitrogens with one attached hydrogen (secondary N) is 2. The lowest BCUT2D eigenvalue weighted by Crippen LogP contribution is -2.44. The van der Waals surface area contributed by atoms with Crippen molar-refractivity contribution in [3.63, 3.8) is 0 Å². The number of carbonyl (C=O) groups excluding carboxylic acids is 1. The van der Waals surface area contributed by atoms with Crippen LogP contribution in [-0.2, 0) is 12.7 Å². The molecule has 0 aliphatic rings. The Morgan fingerprint density at radius 3 is 2.48 bits per heavy atom. The lowest BCUT2D eigenvalue weighted by atomic mass is 10.0. The third kappa shape index (κ3) is 6.05. The number of alkyl halides is 3. The summed E-state index contributed by atoms with van der Waals surface area (Å²) < 4.78 is 51.6. The number of hydrogen-bond donors (Lipinski definition) is 3. The Kier molecular flexibility index (Phi) is 6.80. The van der Waals surface area contributed by atoms with Crippen molar-refractivity contribution in [1.82, 2.24) is 10.6 Å². The Morgan fingerprint density at radius 1 is 1.30 bits per heavy atom. The number of urea groups is 1. The number of carbonyl (C=O) groups is 1. The summed E-state index contributed by atoms with van der Waals surface area (Å²) in [5.41, 5.74) is -1.63. The zero-order chi connectivity index (χ0) is 17.6. The second-order valence-electron chi connectivity index (χ2n) is 5.61. The second kappa shape index (κ2) is 8.14. The quantitative estimate of drug-likeness (QED) is 0.699. The normalized spacial score (nSPS) is 13.0. The maximum atomic E-state index is 13.8. The summed E-state index contributed by atoms with van der Waals surface area (Å²) in [5, 5.41) is 13.9. The van der Waals surface area contributed by atoms with Gasteiger partial charge in [-0.25, -0.2) is 9.18 Å². The molecule has 0 fully saturated rings. The van der Waals surface area contributed by atoms with Crippen LogP contribution in [0.3, 0.4) is 0 Å². The van der Waals surface area contributed by atoms with E-state index in [1.807, 2.05) is 13.8 Å². The van der Waals surface area contributed by atoms with Gasteiger partial charge in [-0.15, -0.1) is 0 Å². The molecule has 0 saturated carbocycles. The van der Waals surface area contributed by atoms with Crippen molar-refractivity contribution >= 4 is 6.03 Å². The third-order valence-corrected chi connectivity index (χ3v) is 3.14. The van der Waals surface area contributed by atoms with Crippen molar-refractivity contribution in [1.29, 1.82) is 0 Å². The van der Waals surface area contributed by atoms with Gasteiger partial charge < -0.3 is 15.7 Å². The molecule has 0 saturated heterocycles. The second-order valence-corrected chi connectivity index (χ2v) is 5.61. The zero-order valence-electron chi connectivity index (χ0n) is 12.9. The Balaban J connectivity index is 2.66. The van der Waals surface area contributed by atoms with Gasteiger partial charge in [-0.3, -0.25) is 0 Å². The Labute approximate surface area is 131 Å². The molecule has 2 amide bonds. The van der Waals surface area contributed by atoms with E-state index in [0.29, 0.717) is 12.5 Å². The van der Waals surface area contributed by atoms with Gasteiger partial charge in [-0.05, 0) is 18.4 Å². The van der Waals surface area contributed by atoms with Gasteiger partial charge in [0.2, 0.25) is 0 Å². The minimum Gasteiger partial charge on any atom is -0.394 e. The minimum atomic E-state index is -4.79. The summed E-state index contributed by atoms with van der Waals surface area (Å²) in [6, 6.07) is 1.74. The number of aliphatic hydroxyl groups excluding tert-OH is 1. The first-order chi connectivity index (χ1) is 10.6. The number of amides is 2. The number of benzene rings is 1. The van der Waals surface area contributed by atoms with Crippen LogP contribution >= 0.6 is 0 Å². The summed E-state index contributed by atoms with van der Waals surface area (Å²) in [6.45, 7) is 3.19. The fourth-order valence-corrected chi connectivity index (χ4v) is 2.10. The zero-order valence-corrected chi connectivity index (χ0v) is 12.9. The van der Waals surface area contributed by atoms with Gasteiger partial charge in [0.1, 0.15) is 5.82 Å². The molecule has 1 rings (SSSR count). The minimum absolute atomic E-state index is 0.244. The van der Waals surface area contributed by atoms with Gasteiger partial charge in [0, 0.05) is 12.1 Å². The summed E-state index contributed by atoms with van der Waals surface area (Å²) in [4.78, 5) is 11.7. The van der Waals surface area contributed by atoms with E-state index in [2.05, 4.69) is 10.6 Å². The molecule has 0 radical (unpaired) electrons. The van der Waals surface area contributed by atoms with Gasteiger partial charge in [-0.2, -0.15) is 13.2 Å². The van der Waals surface area contributed by atoms with Crippen molar-refractivity contribution in [3.05, 3.63) is 35.1 Å². The van der Waals surface area contributed by atoms with Crippen LogP contribution in [0.1, 0.15) is 31.4 Å². The number of halogens is 4. The van der Waals surface area contributed by atoms with Crippen LogP contribution < -0.4 is 10.6 Å². The molecule has 0 unspecified atom stereocenters. The van der Waals surface area contributed by atoms with Gasteiger partial charge in [0.25, 0.3) is 0 Å². The molecule has 0 heterocycles. The molecule has 3 N–H and O–H groups in total. The first kappa shape index (κ1) is 19.2. The monoisotopic (exact) mass is 336 g/mol. The summed E-state index contributed by atoms with van der Waals surface area (Å²) in [5.74, 6) is -1.16. The molecule has 23 heavy (non-hydrogen) atoms. The lowest BCUT2D eigenvalue weighted by molar-refractivity contribution is -0.140. The van der Waals surface area contributed by atoms with Crippen molar-refractivity contribution in [2.45, 2.75) is 39.0 Å². The SMILES string of the molecule is CC(C)C[C@@H](CO)NC(=O)NCc1cccc(C(F)(F)F)c1F. The first-order valence-electron chi connectivity index (χ1n) is 7.15. The molecule has 0 spiro atoms. The first-order valence-corrected chi connectivity index (χ1v) is 7.15. The number of rotatable bonds is 6. The fourth-order valence-electron chi connectivity index (χ4n) is 2.10. The largest absolute Gasteiger partial charge is 0.419 e. The van der Waals surface area contributed by atoms with E-state index in [9.17, 15) is 22.4 Å². The van der Waals surface area contributed by atoms with Crippen LogP contribution in [0.15, 0.2) is 18.2 Å². The number of hydrogen-bond acceptors (Lipinski definition) is 2. The molecule has 4 nitrogen and oxygen atoms in total. The third-order valence-electron chi connectivity index (χ3n) is 3.14. The van der Waals surface area contributed by atoms with E-state index >= 15 is 0 Å². The van der Waals surface area contributed by atoms with E-state index in [1.54, 1.807) is 0 Å². The molecular formula is C15H20F4N2O2.